The van der Waals surface area contributed by atoms with E-state index in [2.05, 4.69) is 9.97 Å². The zero-order valence-electron chi connectivity index (χ0n) is 10.6. The van der Waals surface area contributed by atoms with Gasteiger partial charge in [-0.2, -0.15) is 0 Å². The summed E-state index contributed by atoms with van der Waals surface area (Å²) < 4.78 is 5.73. The fourth-order valence-electron chi connectivity index (χ4n) is 1.91. The molecule has 2 aromatic heterocycles. The minimum atomic E-state index is -0.130. The Kier molecular flexibility index (Phi) is 3.01. The van der Waals surface area contributed by atoms with Crippen molar-refractivity contribution in [2.75, 3.05) is 0 Å². The Morgan fingerprint density at radius 1 is 1.10 bits per heavy atom. The van der Waals surface area contributed by atoms with Crippen LogP contribution in [-0.2, 0) is 0 Å². The predicted octanol–water partition coefficient (Wildman–Crippen LogP) is 2.71. The normalized spacial score (nSPS) is 10.4. The van der Waals surface area contributed by atoms with Gasteiger partial charge in [0.1, 0.15) is 17.3 Å². The van der Waals surface area contributed by atoms with Crippen molar-refractivity contribution in [2.45, 2.75) is 0 Å². The second-order valence-corrected chi connectivity index (χ2v) is 4.23. The van der Waals surface area contributed by atoms with E-state index in [0.29, 0.717) is 17.2 Å². The molecular formula is C15H12N4O. The highest BCUT2D eigenvalue weighted by Gasteiger charge is 2.09. The van der Waals surface area contributed by atoms with Crippen LogP contribution in [0.25, 0.3) is 10.9 Å². The maximum Gasteiger partial charge on any atom is 0.156 e. The van der Waals surface area contributed by atoms with Crippen LogP contribution in [0.1, 0.15) is 5.69 Å². The lowest BCUT2D eigenvalue weighted by Gasteiger charge is -2.09. The highest BCUT2D eigenvalue weighted by atomic mass is 16.5. The highest BCUT2D eigenvalue weighted by Crippen LogP contribution is 2.25. The number of nitrogens with two attached hydrogens (primary N) is 1. The van der Waals surface area contributed by atoms with Crippen LogP contribution in [0.3, 0.4) is 0 Å². The molecule has 20 heavy (non-hydrogen) atoms. The number of hydrogen-bond donors (Lipinski definition) is 2. The van der Waals surface area contributed by atoms with Crippen LogP contribution in [0.15, 0.2) is 54.9 Å². The molecule has 2 heterocycles. The zero-order valence-corrected chi connectivity index (χ0v) is 10.6. The molecular weight excluding hydrogens is 252 g/mol. The Hall–Kier alpha value is -2.95. The summed E-state index contributed by atoms with van der Waals surface area (Å²) in [6.07, 6.45) is 3.21. The van der Waals surface area contributed by atoms with Crippen LogP contribution in [0.4, 0.5) is 0 Å². The molecule has 0 unspecified atom stereocenters. The third-order valence-corrected chi connectivity index (χ3v) is 2.82. The number of pyridine rings is 2. The van der Waals surface area contributed by atoms with E-state index in [9.17, 15) is 0 Å². The van der Waals surface area contributed by atoms with Gasteiger partial charge in [-0.1, -0.05) is 18.2 Å². The number of hydrogen-bond acceptors (Lipinski definition) is 4. The van der Waals surface area contributed by atoms with Crippen LogP contribution in [0.5, 0.6) is 11.5 Å². The monoisotopic (exact) mass is 264 g/mol. The second kappa shape index (κ2) is 4.97. The van der Waals surface area contributed by atoms with Crippen LogP contribution in [0, 0.1) is 5.41 Å². The number of rotatable bonds is 3. The van der Waals surface area contributed by atoms with Gasteiger partial charge in [-0.05, 0) is 24.3 Å². The molecule has 0 aliphatic carbocycles. The number of fused-ring (bicyclic) bond motifs is 1. The maximum absolute atomic E-state index is 7.49. The van der Waals surface area contributed by atoms with E-state index in [0.717, 1.165) is 10.9 Å². The van der Waals surface area contributed by atoms with Gasteiger partial charge in [-0.25, -0.2) is 4.98 Å². The van der Waals surface area contributed by atoms with Crippen molar-refractivity contribution >= 4 is 16.7 Å². The fourth-order valence-corrected chi connectivity index (χ4v) is 1.91. The Labute approximate surface area is 115 Å². The summed E-state index contributed by atoms with van der Waals surface area (Å²) in [5.41, 5.74) is 6.70. The Balaban J connectivity index is 1.99. The van der Waals surface area contributed by atoms with Crippen LogP contribution in [0.2, 0.25) is 0 Å². The van der Waals surface area contributed by atoms with Gasteiger partial charge in [-0.3, -0.25) is 10.4 Å². The number of nitrogens with one attached hydrogen (secondary N) is 1. The number of ether oxygens (including phenoxy) is 1. The van der Waals surface area contributed by atoms with Gasteiger partial charge in [-0.15, -0.1) is 0 Å². The van der Waals surface area contributed by atoms with E-state index in [1.807, 2.05) is 30.3 Å². The molecule has 3 rings (SSSR count). The van der Waals surface area contributed by atoms with E-state index < -0.39 is 0 Å². The molecule has 0 spiro atoms. The van der Waals surface area contributed by atoms with Crippen LogP contribution in [-0.4, -0.2) is 15.8 Å². The zero-order chi connectivity index (χ0) is 13.9. The van der Waals surface area contributed by atoms with E-state index in [1.165, 1.54) is 0 Å². The summed E-state index contributed by atoms with van der Waals surface area (Å²) in [6, 6.07) is 13.1. The van der Waals surface area contributed by atoms with E-state index in [-0.39, 0.29) is 5.84 Å². The summed E-state index contributed by atoms with van der Waals surface area (Å²) >= 11 is 0. The topological polar surface area (TPSA) is 84.9 Å². The van der Waals surface area contributed by atoms with Gasteiger partial charge in [0.2, 0.25) is 0 Å². The summed E-state index contributed by atoms with van der Waals surface area (Å²) in [5.74, 6) is 0.894. The first kappa shape index (κ1) is 12.1. The molecule has 3 aromatic rings. The smallest absolute Gasteiger partial charge is 0.156 e. The van der Waals surface area contributed by atoms with Crippen molar-refractivity contribution in [2.24, 2.45) is 5.73 Å². The van der Waals surface area contributed by atoms with Crippen molar-refractivity contribution < 1.29 is 4.74 Å². The minimum absolute atomic E-state index is 0.130. The molecule has 5 heteroatoms. The van der Waals surface area contributed by atoms with Crippen molar-refractivity contribution in [3.63, 3.8) is 0 Å². The second-order valence-electron chi connectivity index (χ2n) is 4.23. The minimum Gasteiger partial charge on any atom is -0.453 e. The molecule has 0 aliphatic rings. The number of nitrogen functional groups attached to an aromatic ring is 1. The highest BCUT2D eigenvalue weighted by molar-refractivity contribution is 5.95. The number of aromatic nitrogens is 2. The molecule has 5 nitrogen and oxygen atoms in total. The molecule has 0 atom stereocenters. The molecule has 0 aliphatic heterocycles. The van der Waals surface area contributed by atoms with Gasteiger partial charge in [0.15, 0.2) is 5.75 Å². The SMILES string of the molecule is N=C(N)c1ncccc1Oc1cnc2ccccc2c1. The summed E-state index contributed by atoms with van der Waals surface area (Å²) in [6.45, 7) is 0. The van der Waals surface area contributed by atoms with Crippen molar-refractivity contribution in [1.29, 1.82) is 5.41 Å². The fraction of sp³-hybridized carbons (Fsp3) is 0. The van der Waals surface area contributed by atoms with E-state index in [4.69, 9.17) is 15.9 Å². The lowest BCUT2D eigenvalue weighted by molar-refractivity contribution is 0.477. The summed E-state index contributed by atoms with van der Waals surface area (Å²) in [5, 5.41) is 8.48. The maximum atomic E-state index is 7.49. The quantitative estimate of drug-likeness (QED) is 0.562. The van der Waals surface area contributed by atoms with Gasteiger partial charge < -0.3 is 10.5 Å². The number of nitrogens with zero attached hydrogens (tertiary/aromatic N) is 2. The lowest BCUT2D eigenvalue weighted by atomic mass is 10.2. The van der Waals surface area contributed by atoms with Crippen molar-refractivity contribution in [3.05, 3.63) is 60.6 Å². The lowest BCUT2D eigenvalue weighted by Crippen LogP contribution is -2.14. The van der Waals surface area contributed by atoms with Crippen LogP contribution >= 0.6 is 0 Å². The molecule has 0 saturated heterocycles. The molecule has 98 valence electrons. The average Bonchev–Trinajstić information content (AvgIpc) is 2.47. The van der Waals surface area contributed by atoms with Crippen LogP contribution < -0.4 is 10.5 Å². The summed E-state index contributed by atoms with van der Waals surface area (Å²) in [4.78, 5) is 8.36. The van der Waals surface area contributed by atoms with Crippen molar-refractivity contribution in [1.82, 2.24) is 9.97 Å². The third-order valence-electron chi connectivity index (χ3n) is 2.82. The van der Waals surface area contributed by atoms with Gasteiger partial charge in [0, 0.05) is 11.6 Å². The largest absolute Gasteiger partial charge is 0.453 e. The number of benzene rings is 1. The third kappa shape index (κ3) is 2.29. The molecule has 1 aromatic carbocycles. The first-order chi connectivity index (χ1) is 9.74. The Bertz CT molecular complexity index is 785. The molecule has 3 N–H and O–H groups in total. The number of para-hydroxylation sites is 1. The van der Waals surface area contributed by atoms with Crippen molar-refractivity contribution in [3.8, 4) is 11.5 Å². The molecule has 0 bridgehead atoms. The Morgan fingerprint density at radius 2 is 1.95 bits per heavy atom. The van der Waals surface area contributed by atoms with E-state index >= 15 is 0 Å². The Morgan fingerprint density at radius 3 is 2.80 bits per heavy atom. The number of amidine groups is 1. The van der Waals surface area contributed by atoms with E-state index in [1.54, 1.807) is 24.5 Å². The van der Waals surface area contributed by atoms with Gasteiger partial charge >= 0.3 is 0 Å². The van der Waals surface area contributed by atoms with Gasteiger partial charge in [0.25, 0.3) is 0 Å². The molecule has 0 fully saturated rings. The average molecular weight is 264 g/mol. The standard InChI is InChI=1S/C15H12N4O/c16-15(17)14-13(6-3-7-18-14)20-11-8-10-4-1-2-5-12(10)19-9-11/h1-9H,(H3,16,17). The first-order valence-electron chi connectivity index (χ1n) is 6.06. The van der Waals surface area contributed by atoms with Gasteiger partial charge in [0.05, 0.1) is 11.7 Å². The molecule has 0 saturated carbocycles. The molecule has 0 amide bonds. The molecule has 0 radical (unpaired) electrons. The predicted molar refractivity (Wildman–Crippen MR) is 77.1 cm³/mol. The summed E-state index contributed by atoms with van der Waals surface area (Å²) in [7, 11) is 0. The first-order valence-corrected chi connectivity index (χ1v) is 6.06.